The molecule has 18 nitrogen and oxygen atoms in total. The number of thiazole rings is 1. The summed E-state index contributed by atoms with van der Waals surface area (Å²) in [7, 11) is -5.02. The molecule has 0 spiro atoms. The molecule has 0 aliphatic carbocycles. The van der Waals surface area contributed by atoms with E-state index in [0.717, 1.165) is 24.4 Å². The van der Waals surface area contributed by atoms with Crippen LogP contribution in [0.2, 0.25) is 0 Å². The zero-order valence-corrected chi connectivity index (χ0v) is 25.9. The highest BCUT2D eigenvalue weighted by molar-refractivity contribution is 7.80. The number of carboxylic acids is 1. The summed E-state index contributed by atoms with van der Waals surface area (Å²) in [6, 6.07) is 5.28. The van der Waals surface area contributed by atoms with E-state index in [0.29, 0.717) is 33.5 Å². The van der Waals surface area contributed by atoms with Gasteiger partial charge in [0.25, 0.3) is 17.9 Å². The van der Waals surface area contributed by atoms with Gasteiger partial charge in [0.1, 0.15) is 29.9 Å². The number of nitrogen functional groups attached to an aromatic ring is 1. The third kappa shape index (κ3) is 7.84. The van der Waals surface area contributed by atoms with Gasteiger partial charge in [0.05, 0.1) is 11.6 Å². The Morgan fingerprint density at radius 2 is 1.96 bits per heavy atom. The maximum Gasteiger partial charge on any atom is 0.418 e. The molecule has 45 heavy (non-hydrogen) atoms. The van der Waals surface area contributed by atoms with Crippen molar-refractivity contribution in [3.05, 3.63) is 40.4 Å². The number of aliphatic carboxylic acids is 1. The number of oxime groups is 1. The van der Waals surface area contributed by atoms with Crippen LogP contribution < -0.4 is 26.8 Å². The van der Waals surface area contributed by atoms with Gasteiger partial charge in [0.15, 0.2) is 10.8 Å². The Hall–Kier alpha value is -4.37. The highest BCUT2D eigenvalue weighted by atomic mass is 32.3. The van der Waals surface area contributed by atoms with E-state index in [1.165, 1.54) is 13.8 Å². The summed E-state index contributed by atoms with van der Waals surface area (Å²) in [5, 5.41) is 19.5. The third-order valence-corrected chi connectivity index (χ3v) is 8.14. The van der Waals surface area contributed by atoms with E-state index in [-0.39, 0.29) is 16.9 Å². The molecule has 2 aliphatic heterocycles. The number of carboxylic acid groups (broad SMARTS) is 1. The number of hydrogen-bond acceptors (Lipinski definition) is 14. The van der Waals surface area contributed by atoms with Gasteiger partial charge in [-0.05, 0) is 44.5 Å². The molecule has 1 aromatic heterocycles. The highest BCUT2D eigenvalue weighted by Gasteiger charge is 2.58. The van der Waals surface area contributed by atoms with Gasteiger partial charge in [-0.25, -0.2) is 9.78 Å². The first-order valence-electron chi connectivity index (χ1n) is 13.4. The van der Waals surface area contributed by atoms with Crippen molar-refractivity contribution in [2.45, 2.75) is 50.9 Å². The zero-order chi connectivity index (χ0) is 33.1. The van der Waals surface area contributed by atoms with E-state index < -0.39 is 58.2 Å². The molecule has 0 bridgehead atoms. The Balaban J connectivity index is 1.50. The average molecular weight is 669 g/mol. The third-order valence-electron chi connectivity index (χ3n) is 6.78. The fraction of sp³-hybridized carbons (Fsp3) is 0.440. The van der Waals surface area contributed by atoms with E-state index in [9.17, 15) is 27.9 Å². The van der Waals surface area contributed by atoms with Crippen LogP contribution >= 0.6 is 11.3 Å². The van der Waals surface area contributed by atoms with E-state index in [4.69, 9.17) is 25.6 Å². The first-order valence-corrected chi connectivity index (χ1v) is 15.6. The number of nitrogens with two attached hydrogens (primary N) is 2. The number of aromatic nitrogens is 1. The van der Waals surface area contributed by atoms with Crippen LogP contribution in [0.25, 0.3) is 0 Å². The average Bonchev–Trinajstić information content (AvgIpc) is 3.33. The quantitative estimate of drug-likeness (QED) is 0.0466. The summed E-state index contributed by atoms with van der Waals surface area (Å²) in [4.78, 5) is 52.2. The van der Waals surface area contributed by atoms with E-state index >= 15 is 0 Å². The molecule has 2 aliphatic rings. The molecule has 2 aromatic rings. The fourth-order valence-electron chi connectivity index (χ4n) is 4.20. The Labute approximate surface area is 261 Å². The molecule has 2 amide bonds. The zero-order valence-electron chi connectivity index (χ0n) is 24.3. The van der Waals surface area contributed by atoms with E-state index in [1.54, 1.807) is 31.2 Å². The minimum atomic E-state index is -5.02. The number of carbonyl (C=O) groups is 3. The summed E-state index contributed by atoms with van der Waals surface area (Å²) < 4.78 is 41.1. The minimum absolute atomic E-state index is 0.00861. The summed E-state index contributed by atoms with van der Waals surface area (Å²) >= 11 is 1.06. The Morgan fingerprint density at radius 3 is 2.49 bits per heavy atom. The number of hydrogen-bond donors (Lipinski definition) is 6. The van der Waals surface area contributed by atoms with Gasteiger partial charge in [-0.15, -0.1) is 15.6 Å². The molecule has 8 N–H and O–H groups in total. The number of benzene rings is 1. The molecule has 244 valence electrons. The van der Waals surface area contributed by atoms with Crippen molar-refractivity contribution in [2.75, 3.05) is 25.4 Å². The SMILES string of the molecule is CCc1sc(N)nc1/C(=N/OC(COc1ccc(C(N)=NC2CNC2)cc1)C(=O)O)C(=O)N[C@@H]1C(=O)N(OS(=O)(=O)O)C1(C)C. The van der Waals surface area contributed by atoms with Crippen molar-refractivity contribution in [3.63, 3.8) is 0 Å². The van der Waals surface area contributed by atoms with E-state index in [2.05, 4.69) is 30.0 Å². The van der Waals surface area contributed by atoms with Crippen LogP contribution in [0.5, 0.6) is 5.75 Å². The maximum atomic E-state index is 13.4. The van der Waals surface area contributed by atoms with Gasteiger partial charge in [-0.2, -0.15) is 13.5 Å². The normalized spacial score (nSPS) is 19.3. The first-order chi connectivity index (χ1) is 21.1. The lowest BCUT2D eigenvalue weighted by atomic mass is 9.84. The molecule has 4 rings (SSSR count). The second-order valence-corrected chi connectivity index (χ2v) is 12.5. The number of hydroxylamine groups is 2. The van der Waals surface area contributed by atoms with Crippen LogP contribution in [0.3, 0.4) is 0 Å². The number of anilines is 1. The van der Waals surface area contributed by atoms with Crippen molar-refractivity contribution in [2.24, 2.45) is 15.9 Å². The van der Waals surface area contributed by atoms with Crippen LogP contribution in [0, 0.1) is 0 Å². The molecule has 3 heterocycles. The van der Waals surface area contributed by atoms with Gasteiger partial charge >= 0.3 is 16.4 Å². The van der Waals surface area contributed by atoms with Crippen LogP contribution in [0.4, 0.5) is 5.13 Å². The van der Waals surface area contributed by atoms with Gasteiger partial charge in [0, 0.05) is 23.5 Å². The van der Waals surface area contributed by atoms with Crippen LogP contribution in [-0.4, -0.2) is 101 Å². The van der Waals surface area contributed by atoms with Crippen molar-refractivity contribution in [1.29, 1.82) is 0 Å². The molecule has 2 saturated heterocycles. The number of carbonyl (C=O) groups excluding carboxylic acids is 2. The van der Waals surface area contributed by atoms with Crippen molar-refractivity contribution in [3.8, 4) is 5.75 Å². The molecule has 2 atom stereocenters. The minimum Gasteiger partial charge on any atom is -0.489 e. The number of nitrogens with one attached hydrogen (secondary N) is 2. The van der Waals surface area contributed by atoms with Gasteiger partial charge in [-0.1, -0.05) is 12.1 Å². The number of rotatable bonds is 14. The Bertz CT molecular complexity index is 1620. The van der Waals surface area contributed by atoms with Gasteiger partial charge in [-0.3, -0.25) is 19.1 Å². The predicted molar refractivity (Wildman–Crippen MR) is 160 cm³/mol. The molecule has 1 unspecified atom stereocenters. The Kier molecular flexibility index (Phi) is 9.92. The van der Waals surface area contributed by atoms with Crippen LogP contribution in [0.15, 0.2) is 34.4 Å². The van der Waals surface area contributed by atoms with Crippen molar-refractivity contribution < 1.29 is 46.3 Å². The number of nitrogens with zero attached hydrogens (tertiary/aromatic N) is 4. The van der Waals surface area contributed by atoms with Gasteiger partial charge < -0.3 is 36.8 Å². The monoisotopic (exact) mass is 668 g/mol. The topological polar surface area (TPSA) is 270 Å². The van der Waals surface area contributed by atoms with Crippen LogP contribution in [0.1, 0.15) is 36.9 Å². The number of ether oxygens (including phenoxy) is 1. The number of aryl methyl sites for hydroxylation is 1. The fourth-order valence-corrected chi connectivity index (χ4v) is 5.43. The number of amidine groups is 1. The molecule has 2 fully saturated rings. The van der Waals surface area contributed by atoms with E-state index in [1.807, 2.05) is 0 Å². The molecule has 0 radical (unpaired) electrons. The lowest BCUT2D eigenvalue weighted by Crippen LogP contribution is -2.76. The summed E-state index contributed by atoms with van der Waals surface area (Å²) in [5.74, 6) is -2.79. The van der Waals surface area contributed by atoms with Gasteiger partial charge in [0.2, 0.25) is 0 Å². The summed E-state index contributed by atoms with van der Waals surface area (Å²) in [6.07, 6.45) is -1.32. The summed E-state index contributed by atoms with van der Waals surface area (Å²) in [5.41, 5.74) is 10.6. The second kappa shape index (κ2) is 13.3. The number of β-lactam (4-membered cyclic amide) rings is 1. The molecule has 20 heteroatoms. The maximum absolute atomic E-state index is 13.4. The lowest BCUT2D eigenvalue weighted by molar-refractivity contribution is -0.218. The Morgan fingerprint density at radius 1 is 1.29 bits per heavy atom. The first kappa shape index (κ1) is 33.5. The smallest absolute Gasteiger partial charge is 0.418 e. The lowest BCUT2D eigenvalue weighted by Gasteiger charge is -2.50. The predicted octanol–water partition coefficient (Wildman–Crippen LogP) is -0.942. The molecular weight excluding hydrogens is 636 g/mol. The highest BCUT2D eigenvalue weighted by Crippen LogP contribution is 2.33. The number of amides is 2. The van der Waals surface area contributed by atoms with Crippen molar-refractivity contribution in [1.82, 2.24) is 20.7 Å². The summed E-state index contributed by atoms with van der Waals surface area (Å²) in [6.45, 7) is 5.49. The van der Waals surface area contributed by atoms with Crippen LogP contribution in [-0.2, 0) is 40.3 Å². The van der Waals surface area contributed by atoms with Crippen molar-refractivity contribution >= 4 is 56.2 Å². The molecule has 0 saturated carbocycles. The second-order valence-electron chi connectivity index (χ2n) is 10.4. The molecule has 1 aromatic carbocycles. The molecular formula is C25H32N8O10S2. The standard InChI is InChI=1S/C25H32N8O10S2/c1-4-16-17(30-24(27)44-16)18(21(34)31-19-22(35)33(25(19,2)3)43-45(38,39)40)32-42-15(23(36)37)11-41-14-7-5-12(6-8-14)20(26)29-13-9-28-10-13/h5-8,13,15,19,28H,4,9-11H2,1-3H3,(H2,26,29)(H2,27,30)(H,31,34)(H,36,37)(H,38,39,40)/b32-18-/t15?,19-/m1/s1. The largest absolute Gasteiger partial charge is 0.489 e. The number of aliphatic imine (C=N–C) groups is 1.